The Balaban J connectivity index is 1.60. The number of carboxylic acids is 1. The molecule has 2 aliphatic rings. The third-order valence-corrected chi connectivity index (χ3v) is 6.45. The molecule has 0 heterocycles. The second kappa shape index (κ2) is 5.48. The third kappa shape index (κ3) is 2.30. The maximum atomic E-state index is 12.3. The van der Waals surface area contributed by atoms with Gasteiger partial charge in [0, 0.05) is 17.1 Å². The molecule has 4 heteroatoms. The van der Waals surface area contributed by atoms with Crippen molar-refractivity contribution >= 4 is 23.5 Å². The number of Topliss-reactive ketones (excluding diaryl/α,β-unsaturated/α-hetero) is 1. The molecule has 1 N–H and O–H groups in total. The number of hydrogen-bond donors (Lipinski definition) is 1. The molecule has 0 aliphatic heterocycles. The first kappa shape index (κ1) is 14.6. The monoisotopic (exact) mass is 304 g/mol. The summed E-state index contributed by atoms with van der Waals surface area (Å²) < 4.78 is 0. The molecule has 4 atom stereocenters. The summed E-state index contributed by atoms with van der Waals surface area (Å²) in [6.07, 6.45) is 2.20. The van der Waals surface area contributed by atoms with Crippen molar-refractivity contribution in [2.45, 2.75) is 31.4 Å². The van der Waals surface area contributed by atoms with E-state index in [-0.39, 0.29) is 17.0 Å². The van der Waals surface area contributed by atoms with Crippen molar-refractivity contribution in [1.82, 2.24) is 0 Å². The van der Waals surface area contributed by atoms with E-state index in [1.165, 1.54) is 5.56 Å². The summed E-state index contributed by atoms with van der Waals surface area (Å²) in [6.45, 7) is 1.95. The van der Waals surface area contributed by atoms with Gasteiger partial charge in [0.25, 0.3) is 0 Å². The first-order chi connectivity index (χ1) is 10.1. The Bertz CT molecular complexity index is 556. The Morgan fingerprint density at radius 3 is 2.67 bits per heavy atom. The molecule has 0 spiro atoms. The highest BCUT2D eigenvalue weighted by Crippen LogP contribution is 2.70. The van der Waals surface area contributed by atoms with Crippen molar-refractivity contribution in [3.63, 3.8) is 0 Å². The summed E-state index contributed by atoms with van der Waals surface area (Å²) in [5, 5.41) is 9.53. The lowest BCUT2D eigenvalue weighted by atomic mass is 9.95. The number of carbonyl (C=O) groups is 2. The second-order valence-corrected chi connectivity index (χ2v) is 7.35. The lowest BCUT2D eigenvalue weighted by Crippen LogP contribution is -2.20. The molecule has 1 aromatic rings. The van der Waals surface area contributed by atoms with Crippen molar-refractivity contribution in [3.8, 4) is 0 Å². The lowest BCUT2D eigenvalue weighted by molar-refractivity contribution is -0.142. The number of ketones is 1. The minimum Gasteiger partial charge on any atom is -0.481 e. The largest absolute Gasteiger partial charge is 0.481 e. The van der Waals surface area contributed by atoms with E-state index in [2.05, 4.69) is 12.1 Å². The zero-order valence-electron chi connectivity index (χ0n) is 12.1. The number of hydrogen-bond acceptors (Lipinski definition) is 3. The number of carbonyl (C=O) groups excluding carboxylic acids is 1. The van der Waals surface area contributed by atoms with E-state index in [4.69, 9.17) is 0 Å². The molecule has 112 valence electrons. The van der Waals surface area contributed by atoms with Gasteiger partial charge in [-0.15, -0.1) is 0 Å². The predicted octanol–water partition coefficient (Wildman–Crippen LogP) is 3.03. The minimum atomic E-state index is -0.788. The summed E-state index contributed by atoms with van der Waals surface area (Å²) in [7, 11) is 0. The van der Waals surface area contributed by atoms with Crippen LogP contribution in [0.5, 0.6) is 0 Å². The lowest BCUT2D eigenvalue weighted by Gasteiger charge is -2.12. The van der Waals surface area contributed by atoms with Crippen LogP contribution in [0.15, 0.2) is 30.3 Å². The molecule has 2 fully saturated rings. The normalized spacial score (nSPS) is 33.8. The summed E-state index contributed by atoms with van der Waals surface area (Å²) >= 11 is 1.78. The van der Waals surface area contributed by atoms with Gasteiger partial charge in [-0.1, -0.05) is 37.3 Å². The van der Waals surface area contributed by atoms with Crippen LogP contribution >= 0.6 is 11.8 Å². The van der Waals surface area contributed by atoms with Gasteiger partial charge in [-0.05, 0) is 30.1 Å². The Kier molecular flexibility index (Phi) is 3.82. The van der Waals surface area contributed by atoms with Crippen LogP contribution in [0.1, 0.15) is 25.3 Å². The van der Waals surface area contributed by atoms with Crippen LogP contribution in [0.3, 0.4) is 0 Å². The molecule has 0 aromatic heterocycles. The molecule has 0 amide bonds. The van der Waals surface area contributed by atoms with E-state index in [1.54, 1.807) is 11.8 Å². The fourth-order valence-electron chi connectivity index (χ4n) is 4.04. The molecule has 0 radical (unpaired) electrons. The Hall–Kier alpha value is -1.29. The average molecular weight is 304 g/mol. The van der Waals surface area contributed by atoms with Gasteiger partial charge >= 0.3 is 5.97 Å². The molecule has 2 saturated carbocycles. The van der Waals surface area contributed by atoms with E-state index in [0.717, 1.165) is 12.2 Å². The van der Waals surface area contributed by atoms with E-state index in [9.17, 15) is 14.7 Å². The van der Waals surface area contributed by atoms with Crippen LogP contribution in [-0.2, 0) is 16.0 Å². The number of rotatable bonds is 6. The fourth-order valence-corrected chi connectivity index (χ4v) is 5.57. The molecular weight excluding hydrogens is 284 g/mol. The molecule has 0 bridgehead atoms. The highest BCUT2D eigenvalue weighted by molar-refractivity contribution is 8.00. The van der Waals surface area contributed by atoms with E-state index in [1.807, 2.05) is 25.1 Å². The number of aliphatic carboxylic acids is 1. The molecule has 3 rings (SSSR count). The standard InChI is InChI=1S/C17H20O3S/c1-2-17-13(18)10-12(14(17)15(17)16(19)20)21-9-8-11-6-4-3-5-7-11/h3-7,12,14-15H,2,8-10H2,1H3,(H,19,20). The average Bonchev–Trinajstić information content (AvgIpc) is 3.10. The van der Waals surface area contributed by atoms with E-state index < -0.39 is 17.3 Å². The van der Waals surface area contributed by atoms with Crippen molar-refractivity contribution in [3.05, 3.63) is 35.9 Å². The van der Waals surface area contributed by atoms with Gasteiger partial charge in [-0.3, -0.25) is 9.59 Å². The van der Waals surface area contributed by atoms with Crippen LogP contribution in [0.25, 0.3) is 0 Å². The third-order valence-electron chi connectivity index (χ3n) is 5.12. The molecule has 0 saturated heterocycles. The summed E-state index contributed by atoms with van der Waals surface area (Å²) in [4.78, 5) is 23.6. The topological polar surface area (TPSA) is 54.4 Å². The van der Waals surface area contributed by atoms with Crippen LogP contribution in [0, 0.1) is 17.3 Å². The Morgan fingerprint density at radius 1 is 1.38 bits per heavy atom. The minimum absolute atomic E-state index is 0.0632. The zero-order chi connectivity index (χ0) is 15.0. The molecular formula is C17H20O3S. The van der Waals surface area contributed by atoms with Gasteiger partial charge in [-0.25, -0.2) is 0 Å². The smallest absolute Gasteiger partial charge is 0.307 e. The van der Waals surface area contributed by atoms with Gasteiger partial charge < -0.3 is 5.11 Å². The van der Waals surface area contributed by atoms with Crippen molar-refractivity contribution in [2.75, 3.05) is 5.75 Å². The molecule has 21 heavy (non-hydrogen) atoms. The highest BCUT2D eigenvalue weighted by Gasteiger charge is 2.77. The van der Waals surface area contributed by atoms with Gasteiger partial charge in [0.15, 0.2) is 0 Å². The number of fused-ring (bicyclic) bond motifs is 1. The molecule has 3 nitrogen and oxygen atoms in total. The van der Waals surface area contributed by atoms with E-state index in [0.29, 0.717) is 12.8 Å². The molecule has 1 aromatic carbocycles. The Morgan fingerprint density at radius 2 is 2.10 bits per heavy atom. The number of aryl methyl sites for hydroxylation is 1. The van der Waals surface area contributed by atoms with E-state index >= 15 is 0 Å². The van der Waals surface area contributed by atoms with Crippen LogP contribution in [-0.4, -0.2) is 27.9 Å². The predicted molar refractivity (Wildman–Crippen MR) is 83.4 cm³/mol. The van der Waals surface area contributed by atoms with Gasteiger partial charge in [-0.2, -0.15) is 11.8 Å². The number of thioether (sulfide) groups is 1. The van der Waals surface area contributed by atoms with Gasteiger partial charge in [0.05, 0.1) is 5.92 Å². The summed E-state index contributed by atoms with van der Waals surface area (Å²) in [6, 6.07) is 10.3. The zero-order valence-corrected chi connectivity index (χ0v) is 12.9. The van der Waals surface area contributed by atoms with Crippen molar-refractivity contribution < 1.29 is 14.7 Å². The quantitative estimate of drug-likeness (QED) is 0.877. The van der Waals surface area contributed by atoms with Crippen LogP contribution in [0.2, 0.25) is 0 Å². The Labute approximate surface area is 129 Å². The first-order valence-corrected chi connectivity index (χ1v) is 8.57. The summed E-state index contributed by atoms with van der Waals surface area (Å²) in [5.41, 5.74) is 0.762. The SMILES string of the molecule is CCC12C(=O)CC(SCCc3ccccc3)C1C2C(=O)O. The highest BCUT2D eigenvalue weighted by atomic mass is 32.2. The van der Waals surface area contributed by atoms with Crippen LogP contribution < -0.4 is 0 Å². The first-order valence-electron chi connectivity index (χ1n) is 7.53. The number of carboxylic acid groups (broad SMARTS) is 1. The summed E-state index contributed by atoms with van der Waals surface area (Å²) in [5.74, 6) is -0.0284. The van der Waals surface area contributed by atoms with Crippen LogP contribution in [0.4, 0.5) is 0 Å². The van der Waals surface area contributed by atoms with Gasteiger partial charge in [0.1, 0.15) is 5.78 Å². The fraction of sp³-hybridized carbons (Fsp3) is 0.529. The second-order valence-electron chi connectivity index (χ2n) is 6.01. The van der Waals surface area contributed by atoms with Crippen molar-refractivity contribution in [1.29, 1.82) is 0 Å². The van der Waals surface area contributed by atoms with Crippen molar-refractivity contribution in [2.24, 2.45) is 17.3 Å². The number of benzene rings is 1. The molecule has 2 aliphatic carbocycles. The molecule has 4 unspecified atom stereocenters. The van der Waals surface area contributed by atoms with Gasteiger partial charge in [0.2, 0.25) is 0 Å². The maximum absolute atomic E-state index is 12.3. The maximum Gasteiger partial charge on any atom is 0.307 e.